The summed E-state index contributed by atoms with van der Waals surface area (Å²) in [6, 6.07) is 9.69. The van der Waals surface area contributed by atoms with Crippen LogP contribution in [0.2, 0.25) is 0 Å². The highest BCUT2D eigenvalue weighted by Crippen LogP contribution is 2.10. The minimum Gasteiger partial charge on any atom is -0.370 e. The number of hydrogen-bond donors (Lipinski definition) is 2. The molecular formula is C15H23N3O2. The normalized spacial score (nSPS) is 11.9. The summed E-state index contributed by atoms with van der Waals surface area (Å²) in [4.78, 5) is 24.8. The summed E-state index contributed by atoms with van der Waals surface area (Å²) in [5, 5.41) is 0. The molecule has 1 aromatic carbocycles. The van der Waals surface area contributed by atoms with E-state index in [-0.39, 0.29) is 18.2 Å². The number of nitrogens with two attached hydrogens (primary N) is 2. The average Bonchev–Trinajstić information content (AvgIpc) is 2.44. The van der Waals surface area contributed by atoms with Crippen molar-refractivity contribution in [3.8, 4) is 0 Å². The Labute approximate surface area is 119 Å². The van der Waals surface area contributed by atoms with E-state index in [1.54, 1.807) is 4.90 Å². The summed E-state index contributed by atoms with van der Waals surface area (Å²) in [6.07, 6.45) is 0.567. The highest BCUT2D eigenvalue weighted by Gasteiger charge is 2.17. The van der Waals surface area contributed by atoms with E-state index in [0.717, 1.165) is 5.56 Å². The number of amides is 2. The Morgan fingerprint density at radius 1 is 1.25 bits per heavy atom. The molecule has 1 rings (SSSR count). The van der Waals surface area contributed by atoms with Gasteiger partial charge in [0.25, 0.3) is 0 Å². The number of hydrogen-bond acceptors (Lipinski definition) is 3. The molecule has 0 fully saturated rings. The molecule has 0 aromatic heterocycles. The van der Waals surface area contributed by atoms with Crippen LogP contribution in [0.1, 0.15) is 25.3 Å². The Morgan fingerprint density at radius 3 is 2.45 bits per heavy atom. The first-order chi connectivity index (χ1) is 9.52. The lowest BCUT2D eigenvalue weighted by Crippen LogP contribution is -2.35. The van der Waals surface area contributed by atoms with Gasteiger partial charge in [0.1, 0.15) is 0 Å². The topological polar surface area (TPSA) is 89.4 Å². The van der Waals surface area contributed by atoms with Gasteiger partial charge in [-0.2, -0.15) is 0 Å². The largest absolute Gasteiger partial charge is 0.370 e. The van der Waals surface area contributed by atoms with Crippen LogP contribution in [-0.4, -0.2) is 29.8 Å². The van der Waals surface area contributed by atoms with Gasteiger partial charge in [0.2, 0.25) is 11.8 Å². The Kier molecular flexibility index (Phi) is 6.73. The van der Waals surface area contributed by atoms with E-state index < -0.39 is 5.91 Å². The summed E-state index contributed by atoms with van der Waals surface area (Å²) in [5.74, 6) is -0.259. The van der Waals surface area contributed by atoms with Crippen molar-refractivity contribution in [1.29, 1.82) is 0 Å². The van der Waals surface area contributed by atoms with Gasteiger partial charge in [0.05, 0.1) is 0 Å². The van der Waals surface area contributed by atoms with E-state index in [1.807, 2.05) is 37.3 Å². The van der Waals surface area contributed by atoms with Crippen molar-refractivity contribution in [3.63, 3.8) is 0 Å². The van der Waals surface area contributed by atoms with Crippen molar-refractivity contribution >= 4 is 11.8 Å². The van der Waals surface area contributed by atoms with Crippen LogP contribution >= 0.6 is 0 Å². The number of primary amides is 1. The zero-order valence-electron chi connectivity index (χ0n) is 11.9. The molecule has 2 amide bonds. The molecule has 0 bridgehead atoms. The molecule has 0 spiro atoms. The molecule has 1 atom stereocenters. The van der Waals surface area contributed by atoms with Gasteiger partial charge >= 0.3 is 0 Å². The smallest absolute Gasteiger partial charge is 0.223 e. The fourth-order valence-corrected chi connectivity index (χ4v) is 1.85. The molecule has 1 aromatic rings. The lowest BCUT2D eigenvalue weighted by molar-refractivity contribution is -0.133. The van der Waals surface area contributed by atoms with E-state index in [1.165, 1.54) is 0 Å². The molecule has 5 heteroatoms. The Bertz CT molecular complexity index is 434. The lowest BCUT2D eigenvalue weighted by atomic mass is 10.1. The van der Waals surface area contributed by atoms with Gasteiger partial charge in [-0.05, 0) is 18.0 Å². The number of carbonyl (C=O) groups is 2. The van der Waals surface area contributed by atoms with Gasteiger partial charge in [-0.25, -0.2) is 0 Å². The molecule has 1 unspecified atom stereocenters. The Balaban J connectivity index is 2.68. The van der Waals surface area contributed by atoms with Crippen LogP contribution in [0.4, 0.5) is 0 Å². The van der Waals surface area contributed by atoms with E-state index in [4.69, 9.17) is 11.5 Å². The van der Waals surface area contributed by atoms with Gasteiger partial charge in [0.15, 0.2) is 0 Å². The van der Waals surface area contributed by atoms with Crippen molar-refractivity contribution in [2.24, 2.45) is 17.4 Å². The second-order valence-corrected chi connectivity index (χ2v) is 5.06. The third-order valence-corrected chi connectivity index (χ3v) is 3.12. The number of nitrogens with zero attached hydrogens (tertiary/aromatic N) is 1. The highest BCUT2D eigenvalue weighted by molar-refractivity contribution is 5.78. The van der Waals surface area contributed by atoms with E-state index in [2.05, 4.69) is 0 Å². The van der Waals surface area contributed by atoms with Crippen LogP contribution in [0.15, 0.2) is 30.3 Å². The summed E-state index contributed by atoms with van der Waals surface area (Å²) in [5.41, 5.74) is 11.7. The monoisotopic (exact) mass is 277 g/mol. The van der Waals surface area contributed by atoms with Gasteiger partial charge in [-0.1, -0.05) is 37.3 Å². The maximum Gasteiger partial charge on any atom is 0.223 e. The average molecular weight is 277 g/mol. The number of rotatable bonds is 8. The molecular weight excluding hydrogens is 254 g/mol. The first-order valence-corrected chi connectivity index (χ1v) is 6.83. The standard InChI is InChI=1S/C15H23N3O2/c1-12(10-16)9-15(20)18(8-7-14(17)19)11-13-5-3-2-4-6-13/h2-6,12H,7-11,16H2,1H3,(H2,17,19). The van der Waals surface area contributed by atoms with Crippen LogP contribution in [0.5, 0.6) is 0 Å². The molecule has 0 aliphatic heterocycles. The molecule has 0 saturated heterocycles. The SMILES string of the molecule is CC(CN)CC(=O)N(CCC(N)=O)Cc1ccccc1. The molecule has 20 heavy (non-hydrogen) atoms. The quantitative estimate of drug-likeness (QED) is 0.739. The molecule has 0 heterocycles. The zero-order chi connectivity index (χ0) is 15.0. The fraction of sp³-hybridized carbons (Fsp3) is 0.467. The van der Waals surface area contributed by atoms with Gasteiger partial charge in [-0.15, -0.1) is 0 Å². The van der Waals surface area contributed by atoms with Crippen LogP contribution in [0.3, 0.4) is 0 Å². The van der Waals surface area contributed by atoms with Crippen molar-refractivity contribution in [2.45, 2.75) is 26.3 Å². The minimum atomic E-state index is -0.400. The first kappa shape index (κ1) is 16.2. The number of benzene rings is 1. The first-order valence-electron chi connectivity index (χ1n) is 6.83. The van der Waals surface area contributed by atoms with E-state index >= 15 is 0 Å². The minimum absolute atomic E-state index is 0.00746. The molecule has 0 aliphatic carbocycles. The van der Waals surface area contributed by atoms with Crippen LogP contribution in [0, 0.1) is 5.92 Å². The highest BCUT2D eigenvalue weighted by atomic mass is 16.2. The van der Waals surface area contributed by atoms with Gasteiger partial charge in [0, 0.05) is 25.9 Å². The van der Waals surface area contributed by atoms with Crippen LogP contribution < -0.4 is 11.5 Å². The summed E-state index contributed by atoms with van der Waals surface area (Å²) < 4.78 is 0. The maximum atomic E-state index is 12.2. The molecule has 0 saturated carbocycles. The second kappa shape index (κ2) is 8.32. The Hall–Kier alpha value is -1.88. The predicted molar refractivity (Wildman–Crippen MR) is 78.5 cm³/mol. The van der Waals surface area contributed by atoms with Crippen molar-refractivity contribution in [3.05, 3.63) is 35.9 Å². The molecule has 4 N–H and O–H groups in total. The molecule has 0 aliphatic rings. The van der Waals surface area contributed by atoms with Gasteiger partial charge in [-0.3, -0.25) is 9.59 Å². The molecule has 5 nitrogen and oxygen atoms in total. The fourth-order valence-electron chi connectivity index (χ4n) is 1.85. The third-order valence-electron chi connectivity index (χ3n) is 3.12. The number of carbonyl (C=O) groups excluding carboxylic acids is 2. The summed E-state index contributed by atoms with van der Waals surface area (Å²) in [7, 11) is 0. The van der Waals surface area contributed by atoms with E-state index in [9.17, 15) is 9.59 Å². The summed E-state index contributed by atoms with van der Waals surface area (Å²) in [6.45, 7) is 3.25. The third kappa shape index (κ3) is 5.84. The lowest BCUT2D eigenvalue weighted by Gasteiger charge is -2.23. The van der Waals surface area contributed by atoms with Crippen molar-refractivity contribution < 1.29 is 9.59 Å². The second-order valence-electron chi connectivity index (χ2n) is 5.06. The van der Waals surface area contributed by atoms with Crippen molar-refractivity contribution in [1.82, 2.24) is 4.90 Å². The van der Waals surface area contributed by atoms with E-state index in [0.29, 0.717) is 26.1 Å². The molecule has 0 radical (unpaired) electrons. The maximum absolute atomic E-state index is 12.2. The summed E-state index contributed by atoms with van der Waals surface area (Å²) >= 11 is 0. The zero-order valence-corrected chi connectivity index (χ0v) is 11.9. The predicted octanol–water partition coefficient (Wildman–Crippen LogP) is 0.876. The van der Waals surface area contributed by atoms with Crippen LogP contribution in [0.25, 0.3) is 0 Å². The van der Waals surface area contributed by atoms with Crippen molar-refractivity contribution in [2.75, 3.05) is 13.1 Å². The van der Waals surface area contributed by atoms with Gasteiger partial charge < -0.3 is 16.4 Å². The Morgan fingerprint density at radius 2 is 1.90 bits per heavy atom. The molecule has 110 valence electrons. The van der Waals surface area contributed by atoms with Crippen LogP contribution in [-0.2, 0) is 16.1 Å².